The van der Waals surface area contributed by atoms with Gasteiger partial charge in [0, 0.05) is 13.0 Å². The van der Waals surface area contributed by atoms with Crippen LogP contribution in [0.4, 0.5) is 0 Å². The van der Waals surface area contributed by atoms with Crippen molar-refractivity contribution < 1.29 is 14.7 Å². The molecule has 0 aromatic heterocycles. The minimum Gasteiger partial charge on any atom is -0.497 e. The minimum atomic E-state index is 0.0498. The molecule has 4 heteroatoms. The summed E-state index contributed by atoms with van der Waals surface area (Å²) in [5, 5.41) is 12.7. The van der Waals surface area contributed by atoms with Gasteiger partial charge in [-0.25, -0.2) is 0 Å². The summed E-state index contributed by atoms with van der Waals surface area (Å²) >= 11 is 0. The zero-order valence-electron chi connectivity index (χ0n) is 8.93. The average molecular weight is 209 g/mol. The summed E-state index contributed by atoms with van der Waals surface area (Å²) in [5.41, 5.74) is 1.65. The minimum absolute atomic E-state index is 0.0498. The number of oxime groups is 1. The molecule has 0 radical (unpaired) electrons. The maximum atomic E-state index is 8.86. The molecule has 0 aliphatic carbocycles. The highest BCUT2D eigenvalue weighted by molar-refractivity contribution is 6.00. The fourth-order valence-electron chi connectivity index (χ4n) is 1.24. The van der Waals surface area contributed by atoms with Gasteiger partial charge in [-0.05, 0) is 29.8 Å². The fraction of sp³-hybridized carbons (Fsp3) is 0.364. The standard InChI is InChI=1S/C11H15NO3/c1-14-10-5-3-9(4-6-10)11(7-8-13)12-15-2/h3-6,13H,7-8H2,1-2H3. The molecule has 0 saturated heterocycles. The summed E-state index contributed by atoms with van der Waals surface area (Å²) < 4.78 is 5.05. The second-order valence-electron chi connectivity index (χ2n) is 2.92. The van der Waals surface area contributed by atoms with Gasteiger partial charge < -0.3 is 14.7 Å². The summed E-state index contributed by atoms with van der Waals surface area (Å²) in [6.45, 7) is 0.0498. The van der Waals surface area contributed by atoms with Gasteiger partial charge in [0.1, 0.15) is 12.9 Å². The van der Waals surface area contributed by atoms with Crippen molar-refractivity contribution in [3.63, 3.8) is 0 Å². The van der Waals surface area contributed by atoms with Crippen LogP contribution in [0.25, 0.3) is 0 Å². The highest BCUT2D eigenvalue weighted by Gasteiger charge is 2.03. The van der Waals surface area contributed by atoms with E-state index in [1.54, 1.807) is 7.11 Å². The number of nitrogens with zero attached hydrogens (tertiary/aromatic N) is 1. The molecule has 1 aromatic carbocycles. The van der Waals surface area contributed by atoms with Crippen molar-refractivity contribution in [1.29, 1.82) is 0 Å². The van der Waals surface area contributed by atoms with Crippen LogP contribution in [0.15, 0.2) is 29.4 Å². The summed E-state index contributed by atoms with van der Waals surface area (Å²) in [4.78, 5) is 4.71. The Morgan fingerprint density at radius 1 is 1.27 bits per heavy atom. The number of aliphatic hydroxyl groups excluding tert-OH is 1. The molecule has 0 aliphatic rings. The summed E-state index contributed by atoms with van der Waals surface area (Å²) in [7, 11) is 3.10. The molecule has 0 atom stereocenters. The van der Waals surface area contributed by atoms with E-state index in [-0.39, 0.29) is 6.61 Å². The lowest BCUT2D eigenvalue weighted by Gasteiger charge is -2.05. The second kappa shape index (κ2) is 6.03. The Labute approximate surface area is 89.1 Å². The Morgan fingerprint density at radius 3 is 2.40 bits per heavy atom. The molecule has 0 saturated carbocycles. The van der Waals surface area contributed by atoms with Crippen molar-refractivity contribution in [2.45, 2.75) is 6.42 Å². The molecular weight excluding hydrogens is 194 g/mol. The van der Waals surface area contributed by atoms with E-state index in [0.717, 1.165) is 17.0 Å². The molecule has 4 nitrogen and oxygen atoms in total. The van der Waals surface area contributed by atoms with Crippen molar-refractivity contribution in [2.75, 3.05) is 20.8 Å². The highest BCUT2D eigenvalue weighted by atomic mass is 16.6. The highest BCUT2D eigenvalue weighted by Crippen LogP contribution is 2.13. The van der Waals surface area contributed by atoms with Gasteiger partial charge in [0.15, 0.2) is 0 Å². The Kier molecular flexibility index (Phi) is 4.63. The SMILES string of the molecule is CON=C(CCO)c1ccc(OC)cc1. The normalized spacial score (nSPS) is 11.3. The molecule has 0 spiro atoms. The third kappa shape index (κ3) is 3.25. The van der Waals surface area contributed by atoms with Crippen molar-refractivity contribution in [2.24, 2.45) is 5.16 Å². The number of ether oxygens (including phenoxy) is 1. The Bertz CT molecular complexity index is 319. The second-order valence-corrected chi connectivity index (χ2v) is 2.92. The third-order valence-corrected chi connectivity index (χ3v) is 1.97. The van der Waals surface area contributed by atoms with Gasteiger partial charge in [-0.15, -0.1) is 0 Å². The van der Waals surface area contributed by atoms with Gasteiger partial charge in [-0.3, -0.25) is 0 Å². The first kappa shape index (κ1) is 11.5. The van der Waals surface area contributed by atoms with Gasteiger partial charge in [-0.2, -0.15) is 0 Å². The maximum absolute atomic E-state index is 8.86. The van der Waals surface area contributed by atoms with Crippen LogP contribution in [0, 0.1) is 0 Å². The molecule has 0 bridgehead atoms. The molecule has 0 unspecified atom stereocenters. The molecule has 1 N–H and O–H groups in total. The van der Waals surface area contributed by atoms with Crippen LogP contribution >= 0.6 is 0 Å². The zero-order valence-corrected chi connectivity index (χ0v) is 8.93. The van der Waals surface area contributed by atoms with Crippen LogP contribution < -0.4 is 4.74 Å². The van der Waals surface area contributed by atoms with E-state index in [4.69, 9.17) is 14.7 Å². The fourth-order valence-corrected chi connectivity index (χ4v) is 1.24. The van der Waals surface area contributed by atoms with Gasteiger partial charge >= 0.3 is 0 Å². The molecule has 1 rings (SSSR count). The monoisotopic (exact) mass is 209 g/mol. The summed E-state index contributed by atoms with van der Waals surface area (Å²) in [5.74, 6) is 0.791. The van der Waals surface area contributed by atoms with Crippen LogP contribution in [0.3, 0.4) is 0 Å². The number of hydrogen-bond donors (Lipinski definition) is 1. The van der Waals surface area contributed by atoms with E-state index < -0.39 is 0 Å². The lowest BCUT2D eigenvalue weighted by atomic mass is 10.1. The number of rotatable bonds is 5. The van der Waals surface area contributed by atoms with Gasteiger partial charge in [0.05, 0.1) is 12.8 Å². The van der Waals surface area contributed by atoms with Gasteiger partial charge in [0.2, 0.25) is 0 Å². The molecule has 15 heavy (non-hydrogen) atoms. The Hall–Kier alpha value is -1.55. The largest absolute Gasteiger partial charge is 0.497 e. The molecule has 0 heterocycles. The smallest absolute Gasteiger partial charge is 0.118 e. The Morgan fingerprint density at radius 2 is 1.93 bits per heavy atom. The number of benzene rings is 1. The number of aliphatic hydroxyl groups is 1. The lowest BCUT2D eigenvalue weighted by Crippen LogP contribution is -2.04. The lowest BCUT2D eigenvalue weighted by molar-refractivity contribution is 0.211. The molecular formula is C11H15NO3. The first-order valence-corrected chi connectivity index (χ1v) is 4.67. The van der Waals surface area contributed by atoms with E-state index in [1.165, 1.54) is 7.11 Å². The number of methoxy groups -OCH3 is 1. The van der Waals surface area contributed by atoms with Crippen LogP contribution in [0.1, 0.15) is 12.0 Å². The molecule has 1 aromatic rings. The predicted octanol–water partition coefficient (Wildman–Crippen LogP) is 1.43. The molecule has 0 fully saturated rings. The zero-order chi connectivity index (χ0) is 11.1. The first-order chi connectivity index (χ1) is 7.31. The van der Waals surface area contributed by atoms with E-state index in [0.29, 0.717) is 6.42 Å². The van der Waals surface area contributed by atoms with E-state index >= 15 is 0 Å². The van der Waals surface area contributed by atoms with Gasteiger partial charge in [0.25, 0.3) is 0 Å². The topological polar surface area (TPSA) is 51.0 Å². The van der Waals surface area contributed by atoms with Crippen LogP contribution in [-0.4, -0.2) is 31.6 Å². The maximum Gasteiger partial charge on any atom is 0.118 e. The van der Waals surface area contributed by atoms with Crippen molar-refractivity contribution >= 4 is 5.71 Å². The number of hydrogen-bond acceptors (Lipinski definition) is 4. The predicted molar refractivity (Wildman–Crippen MR) is 58.2 cm³/mol. The van der Waals surface area contributed by atoms with E-state index in [2.05, 4.69) is 5.16 Å². The van der Waals surface area contributed by atoms with Crippen molar-refractivity contribution in [3.8, 4) is 5.75 Å². The van der Waals surface area contributed by atoms with Crippen molar-refractivity contribution in [1.82, 2.24) is 0 Å². The molecule has 0 amide bonds. The molecule has 82 valence electrons. The van der Waals surface area contributed by atoms with Gasteiger partial charge in [-0.1, -0.05) is 5.16 Å². The average Bonchev–Trinajstić information content (AvgIpc) is 2.29. The Balaban J connectivity index is 2.86. The van der Waals surface area contributed by atoms with Crippen molar-refractivity contribution in [3.05, 3.63) is 29.8 Å². The van der Waals surface area contributed by atoms with E-state index in [1.807, 2.05) is 24.3 Å². The summed E-state index contributed by atoms with van der Waals surface area (Å²) in [6, 6.07) is 7.45. The quantitative estimate of drug-likeness (QED) is 0.589. The third-order valence-electron chi connectivity index (χ3n) is 1.97. The summed E-state index contributed by atoms with van der Waals surface area (Å²) in [6.07, 6.45) is 0.472. The molecule has 0 aliphatic heterocycles. The van der Waals surface area contributed by atoms with Crippen LogP contribution in [0.2, 0.25) is 0 Å². The van der Waals surface area contributed by atoms with Crippen LogP contribution in [-0.2, 0) is 4.84 Å². The van der Waals surface area contributed by atoms with Crippen LogP contribution in [0.5, 0.6) is 5.75 Å². The first-order valence-electron chi connectivity index (χ1n) is 4.67. The van der Waals surface area contributed by atoms with E-state index in [9.17, 15) is 0 Å².